The number of aryl methyl sites for hydroxylation is 1. The summed E-state index contributed by atoms with van der Waals surface area (Å²) in [5.74, 6) is -0.694. The van der Waals surface area contributed by atoms with E-state index in [0.717, 1.165) is 35.2 Å². The third-order valence-corrected chi connectivity index (χ3v) is 8.22. The molecule has 5 nitrogen and oxygen atoms in total. The molecule has 214 valence electrons. The van der Waals surface area contributed by atoms with Crippen molar-refractivity contribution in [2.24, 2.45) is 0 Å². The van der Waals surface area contributed by atoms with Gasteiger partial charge in [0.05, 0.1) is 0 Å². The second-order valence-corrected chi connectivity index (χ2v) is 12.2. The molecule has 2 N–H and O–H groups in total. The summed E-state index contributed by atoms with van der Waals surface area (Å²) in [7, 11) is 0. The summed E-state index contributed by atoms with van der Waals surface area (Å²) < 4.78 is 0. The Hall–Kier alpha value is -3.09. The molecule has 3 aromatic carbocycles. The highest BCUT2D eigenvalue weighted by Gasteiger charge is 2.38. The molecule has 6 heteroatoms. The van der Waals surface area contributed by atoms with Crippen LogP contribution in [0.1, 0.15) is 67.6 Å². The average Bonchev–Trinajstić information content (AvgIpc) is 3.75. The van der Waals surface area contributed by atoms with E-state index in [-0.39, 0.29) is 18.9 Å². The van der Waals surface area contributed by atoms with Crippen molar-refractivity contribution in [2.75, 3.05) is 12.0 Å². The molecule has 0 aliphatic heterocycles. The monoisotopic (exact) mass is 560 g/mol. The molecule has 40 heavy (non-hydrogen) atoms. The van der Waals surface area contributed by atoms with Crippen molar-refractivity contribution in [3.05, 3.63) is 95.1 Å². The molecular weight excluding hydrogens is 516 g/mol. The molecule has 0 aromatic heterocycles. The number of hydrogen-bond donors (Lipinski definition) is 2. The van der Waals surface area contributed by atoms with E-state index in [0.29, 0.717) is 23.8 Å². The summed E-state index contributed by atoms with van der Waals surface area (Å²) in [6.45, 7) is 7.48. The number of hydrogen-bond acceptors (Lipinski definition) is 4. The van der Waals surface area contributed by atoms with Crippen LogP contribution in [0.15, 0.2) is 72.8 Å². The molecule has 0 saturated heterocycles. The molecule has 0 unspecified atom stereocenters. The van der Waals surface area contributed by atoms with E-state index in [1.807, 2.05) is 49.6 Å². The number of amides is 1. The van der Waals surface area contributed by atoms with Crippen LogP contribution in [0.5, 0.6) is 0 Å². The predicted octanol–water partition coefficient (Wildman–Crippen LogP) is 7.22. The Morgan fingerprint density at radius 1 is 1.00 bits per heavy atom. The largest absolute Gasteiger partial charge is 0.480 e. The third kappa shape index (κ3) is 7.98. The van der Waals surface area contributed by atoms with Gasteiger partial charge in [-0.25, -0.2) is 4.79 Å². The molecule has 3 aromatic rings. The molecule has 0 heterocycles. The van der Waals surface area contributed by atoms with Crippen LogP contribution in [-0.2, 0) is 17.8 Å². The van der Waals surface area contributed by atoms with Crippen LogP contribution in [0.4, 0.5) is 0 Å². The molecule has 0 radical (unpaired) electrons. The van der Waals surface area contributed by atoms with E-state index in [1.54, 1.807) is 11.8 Å². The first-order chi connectivity index (χ1) is 18.7. The van der Waals surface area contributed by atoms with Gasteiger partial charge in [0.25, 0.3) is 5.91 Å². The summed E-state index contributed by atoms with van der Waals surface area (Å²) in [5.41, 5.74) is 5.85. The highest BCUT2D eigenvalue weighted by Crippen LogP contribution is 2.37. The Bertz CT molecular complexity index is 1290. The summed E-state index contributed by atoms with van der Waals surface area (Å²) in [4.78, 5) is 27.9. The van der Waals surface area contributed by atoms with Crippen LogP contribution < -0.4 is 5.32 Å². The molecule has 1 saturated carbocycles. The molecular formula is C34H44N2O3S. The van der Waals surface area contributed by atoms with Gasteiger partial charge in [-0.15, -0.1) is 0 Å². The van der Waals surface area contributed by atoms with Gasteiger partial charge in [-0.3, -0.25) is 9.69 Å². The van der Waals surface area contributed by atoms with Crippen molar-refractivity contribution in [3.8, 4) is 11.1 Å². The van der Waals surface area contributed by atoms with E-state index in [9.17, 15) is 14.7 Å². The number of carboxylic acid groups (broad SMARTS) is 1. The second kappa shape index (κ2) is 14.0. The average molecular weight is 561 g/mol. The lowest BCUT2D eigenvalue weighted by atomic mass is 9.90. The van der Waals surface area contributed by atoms with Crippen molar-refractivity contribution < 1.29 is 14.7 Å². The number of benzene rings is 3. The van der Waals surface area contributed by atoms with Crippen LogP contribution in [0.3, 0.4) is 0 Å². The number of carbonyl (C=O) groups is 2. The zero-order chi connectivity index (χ0) is 28.0. The van der Waals surface area contributed by atoms with Crippen LogP contribution in [0.2, 0.25) is 0 Å². The minimum absolute atomic E-state index is 0. The van der Waals surface area contributed by atoms with Crippen molar-refractivity contribution >= 4 is 23.6 Å². The van der Waals surface area contributed by atoms with Crippen molar-refractivity contribution in [3.63, 3.8) is 0 Å². The fourth-order valence-corrected chi connectivity index (χ4v) is 5.80. The summed E-state index contributed by atoms with van der Waals surface area (Å²) >= 11 is 1.57. The number of carbonyl (C=O) groups excluding carboxylic acids is 1. The minimum atomic E-state index is -1.01. The maximum Gasteiger partial charge on any atom is 0.326 e. The number of thioether (sulfide) groups is 1. The van der Waals surface area contributed by atoms with Gasteiger partial charge in [0.2, 0.25) is 0 Å². The van der Waals surface area contributed by atoms with Crippen molar-refractivity contribution in [1.29, 1.82) is 0 Å². The first-order valence-electron chi connectivity index (χ1n) is 13.7. The molecule has 1 amide bonds. The summed E-state index contributed by atoms with van der Waals surface area (Å²) in [6.07, 6.45) is 5.68. The Morgan fingerprint density at radius 2 is 1.68 bits per heavy atom. The lowest BCUT2D eigenvalue weighted by molar-refractivity contribution is -0.139. The third-order valence-electron chi connectivity index (χ3n) is 7.58. The van der Waals surface area contributed by atoms with Gasteiger partial charge in [0, 0.05) is 23.7 Å². The van der Waals surface area contributed by atoms with E-state index in [1.165, 1.54) is 18.4 Å². The standard InChI is InChI=1S/C33H40N2O3S.CH4/c1-23-10-8-9-13-27(23)29-20-25(14-17-28(29)31(36)34-30(32(37)38)18-19-39-4)22-35(26-15-16-26)33(2,3)21-24-11-6-5-7-12-24;/h5-14,17,20,26,30H,15-16,18-19,21-22H2,1-4H3,(H,34,36)(H,37,38);1H4/t30-;/m0./s1. The number of aliphatic carboxylic acids is 1. The normalized spacial score (nSPS) is 13.9. The fraction of sp³-hybridized carbons (Fsp3) is 0.412. The van der Waals surface area contributed by atoms with Gasteiger partial charge in [0.1, 0.15) is 6.04 Å². The molecule has 1 aliphatic rings. The Morgan fingerprint density at radius 3 is 2.30 bits per heavy atom. The Balaban J connectivity index is 0.00000441. The van der Waals surface area contributed by atoms with Gasteiger partial charge >= 0.3 is 5.97 Å². The van der Waals surface area contributed by atoms with E-state index in [2.05, 4.69) is 60.5 Å². The van der Waals surface area contributed by atoms with E-state index < -0.39 is 12.0 Å². The SMILES string of the molecule is C.CSCC[C@H](NC(=O)c1ccc(CN(C2CC2)C(C)(C)Cc2ccccc2)cc1-c1ccccc1C)C(=O)O. The highest BCUT2D eigenvalue weighted by atomic mass is 32.2. The Labute approximate surface area is 244 Å². The van der Waals surface area contributed by atoms with Gasteiger partial charge in [-0.05, 0) is 98.4 Å². The molecule has 0 bridgehead atoms. The number of nitrogens with one attached hydrogen (secondary N) is 1. The van der Waals surface area contributed by atoms with Crippen LogP contribution in [-0.4, -0.2) is 51.5 Å². The first kappa shape index (κ1) is 31.4. The van der Waals surface area contributed by atoms with Crippen molar-refractivity contribution in [1.82, 2.24) is 10.2 Å². The molecule has 4 rings (SSSR count). The topological polar surface area (TPSA) is 69.6 Å². The lowest BCUT2D eigenvalue weighted by Gasteiger charge is -2.39. The summed E-state index contributed by atoms with van der Waals surface area (Å²) in [5, 5.41) is 12.5. The molecule has 0 spiro atoms. The van der Waals surface area contributed by atoms with Gasteiger partial charge in [-0.2, -0.15) is 11.8 Å². The number of nitrogens with zero attached hydrogens (tertiary/aromatic N) is 1. The van der Waals surface area contributed by atoms with Gasteiger partial charge in [-0.1, -0.05) is 68.1 Å². The number of carboxylic acids is 1. The Kier molecular flexibility index (Phi) is 11.0. The molecule has 1 fully saturated rings. The second-order valence-electron chi connectivity index (χ2n) is 11.2. The fourth-order valence-electron chi connectivity index (χ4n) is 5.33. The van der Waals surface area contributed by atoms with Gasteiger partial charge < -0.3 is 10.4 Å². The zero-order valence-corrected chi connectivity index (χ0v) is 24.3. The van der Waals surface area contributed by atoms with Crippen LogP contribution in [0.25, 0.3) is 11.1 Å². The maximum atomic E-state index is 13.5. The zero-order valence-electron chi connectivity index (χ0n) is 23.4. The quantitative estimate of drug-likeness (QED) is 0.231. The van der Waals surface area contributed by atoms with Crippen LogP contribution >= 0.6 is 11.8 Å². The first-order valence-corrected chi connectivity index (χ1v) is 15.1. The molecule has 1 aliphatic carbocycles. The smallest absolute Gasteiger partial charge is 0.326 e. The molecule has 1 atom stereocenters. The van der Waals surface area contributed by atoms with Gasteiger partial charge in [0.15, 0.2) is 0 Å². The number of rotatable bonds is 13. The minimum Gasteiger partial charge on any atom is -0.480 e. The predicted molar refractivity (Wildman–Crippen MR) is 168 cm³/mol. The van der Waals surface area contributed by atoms with Crippen molar-refractivity contribution in [2.45, 2.75) is 78.0 Å². The lowest BCUT2D eigenvalue weighted by Crippen LogP contribution is -2.46. The highest BCUT2D eigenvalue weighted by molar-refractivity contribution is 7.98. The van der Waals surface area contributed by atoms with E-state index in [4.69, 9.17) is 0 Å². The van der Waals surface area contributed by atoms with E-state index >= 15 is 0 Å². The maximum absolute atomic E-state index is 13.5. The van der Waals surface area contributed by atoms with Crippen LogP contribution in [0, 0.1) is 6.92 Å². The summed E-state index contributed by atoms with van der Waals surface area (Å²) in [6, 6.07) is 24.4.